The van der Waals surface area contributed by atoms with Gasteiger partial charge in [0.15, 0.2) is 5.78 Å². The van der Waals surface area contributed by atoms with Crippen LogP contribution in [0.2, 0.25) is 5.02 Å². The van der Waals surface area contributed by atoms with E-state index in [0.717, 1.165) is 24.3 Å². The summed E-state index contributed by atoms with van der Waals surface area (Å²) in [6.45, 7) is 0. The second-order valence-corrected chi connectivity index (χ2v) is 8.93. The molecule has 0 radical (unpaired) electrons. The monoisotopic (exact) mass is 518 g/mol. The van der Waals surface area contributed by atoms with Gasteiger partial charge in [0, 0.05) is 35.1 Å². The number of rotatable bonds is 6. The Bertz CT molecular complexity index is 1150. The van der Waals surface area contributed by atoms with Gasteiger partial charge in [-0.2, -0.15) is 0 Å². The van der Waals surface area contributed by atoms with E-state index in [-0.39, 0.29) is 29.2 Å². The van der Waals surface area contributed by atoms with Crippen molar-refractivity contribution in [1.82, 2.24) is 10.6 Å². The number of ketones is 1. The summed E-state index contributed by atoms with van der Waals surface area (Å²) in [7, 11) is 1.26. The second-order valence-electron chi connectivity index (χ2n) is 8.50. The largest absolute Gasteiger partial charge is 0.573 e. The molecule has 2 aliphatic carbocycles. The molecule has 0 aromatic heterocycles. The second kappa shape index (κ2) is 9.18. The Balaban J connectivity index is 1.52. The number of nitrogens with one attached hydrogen (secondary N) is 2. The molecule has 2 amide bonds. The summed E-state index contributed by atoms with van der Waals surface area (Å²) in [6, 6.07) is 3.53. The van der Waals surface area contributed by atoms with Crippen LogP contribution in [0.3, 0.4) is 0 Å². The first-order valence-corrected chi connectivity index (χ1v) is 11.0. The van der Waals surface area contributed by atoms with Gasteiger partial charge in [-0.25, -0.2) is 13.6 Å². The third kappa shape index (κ3) is 5.44. The Morgan fingerprint density at radius 1 is 1.09 bits per heavy atom. The Kier molecular flexibility index (Phi) is 6.56. The summed E-state index contributed by atoms with van der Waals surface area (Å²) in [5.41, 5.74) is -1.06. The van der Waals surface area contributed by atoms with Crippen molar-refractivity contribution in [3.8, 4) is 11.5 Å². The Labute approximate surface area is 201 Å². The molecule has 0 spiro atoms. The highest BCUT2D eigenvalue weighted by Crippen LogP contribution is 2.47. The third-order valence-electron chi connectivity index (χ3n) is 6.16. The molecule has 2 aromatic carbocycles. The maximum Gasteiger partial charge on any atom is 0.573 e. The van der Waals surface area contributed by atoms with Gasteiger partial charge in [-0.1, -0.05) is 11.6 Å². The number of amides is 2. The number of alkyl halides is 3. The minimum atomic E-state index is -4.92. The number of carbonyl (C=O) groups excluding carboxylic acids is 2. The van der Waals surface area contributed by atoms with E-state index in [4.69, 9.17) is 16.3 Å². The lowest BCUT2D eigenvalue weighted by Gasteiger charge is -2.24. The zero-order chi connectivity index (χ0) is 25.5. The number of urea groups is 1. The molecule has 0 saturated heterocycles. The first-order valence-electron chi connectivity index (χ1n) is 10.6. The number of halogens is 6. The van der Waals surface area contributed by atoms with Crippen LogP contribution >= 0.6 is 11.6 Å². The van der Waals surface area contributed by atoms with Gasteiger partial charge in [0.2, 0.25) is 0 Å². The van der Waals surface area contributed by atoms with Crippen LogP contribution in [0.1, 0.15) is 42.7 Å². The zero-order valence-electron chi connectivity index (χ0n) is 18.3. The molecule has 2 atom stereocenters. The fourth-order valence-corrected chi connectivity index (χ4v) is 4.63. The van der Waals surface area contributed by atoms with Crippen molar-refractivity contribution in [3.63, 3.8) is 0 Å². The van der Waals surface area contributed by atoms with Gasteiger partial charge >= 0.3 is 12.4 Å². The fourth-order valence-electron chi connectivity index (χ4n) is 4.41. The molecule has 0 heterocycles. The van der Waals surface area contributed by atoms with Crippen molar-refractivity contribution >= 4 is 23.4 Å². The molecule has 12 heteroatoms. The summed E-state index contributed by atoms with van der Waals surface area (Å²) < 4.78 is 75.9. The topological polar surface area (TPSA) is 76.7 Å². The number of hydrogen-bond donors (Lipinski definition) is 2. The predicted octanol–water partition coefficient (Wildman–Crippen LogP) is 5.33. The van der Waals surface area contributed by atoms with Crippen LogP contribution in [0.25, 0.3) is 0 Å². The number of methoxy groups -OCH3 is 1. The lowest BCUT2D eigenvalue weighted by atomic mass is 9.92. The summed E-state index contributed by atoms with van der Waals surface area (Å²) in [5.74, 6) is -3.70. The van der Waals surface area contributed by atoms with Crippen molar-refractivity contribution in [3.05, 3.63) is 58.1 Å². The Morgan fingerprint density at radius 2 is 1.74 bits per heavy atom. The lowest BCUT2D eigenvalue weighted by molar-refractivity contribution is -0.274. The maximum atomic E-state index is 14.6. The van der Waals surface area contributed by atoms with Crippen molar-refractivity contribution in [2.24, 2.45) is 0 Å². The van der Waals surface area contributed by atoms with Gasteiger partial charge < -0.3 is 20.1 Å². The molecule has 0 aliphatic heterocycles. The van der Waals surface area contributed by atoms with Crippen LogP contribution in [0.5, 0.6) is 11.5 Å². The van der Waals surface area contributed by atoms with Crippen LogP contribution in [0, 0.1) is 11.6 Å². The molecule has 4 rings (SSSR count). The van der Waals surface area contributed by atoms with Gasteiger partial charge in [0.25, 0.3) is 0 Å². The molecule has 0 bridgehead atoms. The average molecular weight is 519 g/mol. The van der Waals surface area contributed by atoms with E-state index >= 15 is 0 Å². The zero-order valence-corrected chi connectivity index (χ0v) is 19.0. The van der Waals surface area contributed by atoms with Gasteiger partial charge in [0.05, 0.1) is 18.7 Å². The van der Waals surface area contributed by atoms with Gasteiger partial charge in [-0.15, -0.1) is 13.2 Å². The van der Waals surface area contributed by atoms with Crippen LogP contribution in [-0.4, -0.2) is 31.3 Å². The van der Waals surface area contributed by atoms with E-state index in [1.165, 1.54) is 13.2 Å². The van der Waals surface area contributed by atoms with Crippen LogP contribution in [-0.2, 0) is 10.3 Å². The average Bonchev–Trinajstić information content (AvgIpc) is 3.44. The number of Topliss-reactive ketones (excluding diaryl/α,β-unsaturated/α-hetero) is 1. The minimum Gasteiger partial charge on any atom is -0.497 e. The van der Waals surface area contributed by atoms with Gasteiger partial charge in [-0.05, 0) is 43.0 Å². The van der Waals surface area contributed by atoms with Crippen LogP contribution in [0.4, 0.5) is 26.7 Å². The summed E-state index contributed by atoms with van der Waals surface area (Å²) in [5, 5.41) is 5.13. The first-order chi connectivity index (χ1) is 16.4. The quantitative estimate of drug-likeness (QED) is 0.507. The van der Waals surface area contributed by atoms with E-state index in [0.29, 0.717) is 18.4 Å². The Morgan fingerprint density at radius 3 is 2.31 bits per heavy atom. The fraction of sp³-hybridized carbons (Fsp3) is 0.391. The highest BCUT2D eigenvalue weighted by atomic mass is 35.5. The van der Waals surface area contributed by atoms with Crippen molar-refractivity contribution in [2.75, 3.05) is 7.11 Å². The molecule has 35 heavy (non-hydrogen) atoms. The number of benzene rings is 2. The molecule has 6 nitrogen and oxygen atoms in total. The van der Waals surface area contributed by atoms with Crippen LogP contribution < -0.4 is 20.1 Å². The lowest BCUT2D eigenvalue weighted by Crippen LogP contribution is -2.49. The summed E-state index contributed by atoms with van der Waals surface area (Å²) in [6.07, 6.45) is -3.99. The van der Waals surface area contributed by atoms with Crippen molar-refractivity contribution in [2.45, 2.75) is 49.5 Å². The van der Waals surface area contributed by atoms with E-state index in [1.807, 2.05) is 0 Å². The maximum absolute atomic E-state index is 14.6. The van der Waals surface area contributed by atoms with E-state index < -0.39 is 53.1 Å². The van der Waals surface area contributed by atoms with Crippen LogP contribution in [0.15, 0.2) is 30.3 Å². The first kappa shape index (κ1) is 25.0. The molecular weight excluding hydrogens is 499 g/mol. The predicted molar refractivity (Wildman–Crippen MR) is 114 cm³/mol. The SMILES string of the molecule is COc1cc(F)c([C@@H]2CCC(=O)[C@H]2NC(=O)NC2(c3cc(Cl)cc(OC(F)(F)F)c3)CC2)c(F)c1. The number of ether oxygens (including phenoxy) is 2. The van der Waals surface area contributed by atoms with Crippen molar-refractivity contribution in [1.29, 1.82) is 0 Å². The number of hydrogen-bond acceptors (Lipinski definition) is 4. The Hall–Kier alpha value is -3.08. The normalized spacial score (nSPS) is 20.9. The van der Waals surface area contributed by atoms with Gasteiger partial charge in [-0.3, -0.25) is 4.79 Å². The standard InChI is InChI=1S/C23H20ClF5N2O4/c1-34-13-9-16(25)19(17(26)10-13)15-2-3-18(32)20(15)30-21(33)31-22(4-5-22)11-6-12(24)8-14(7-11)35-23(27,28)29/h6-10,15,20H,2-5H2,1H3,(H2,30,31,33)/t15-,20-/m0/s1. The van der Waals surface area contributed by atoms with E-state index in [9.17, 15) is 31.5 Å². The smallest absolute Gasteiger partial charge is 0.497 e. The molecule has 2 aliphatic rings. The van der Waals surface area contributed by atoms with Gasteiger partial charge in [0.1, 0.15) is 23.1 Å². The summed E-state index contributed by atoms with van der Waals surface area (Å²) in [4.78, 5) is 25.3. The summed E-state index contributed by atoms with van der Waals surface area (Å²) >= 11 is 5.94. The number of carbonyl (C=O) groups is 2. The molecule has 2 fully saturated rings. The van der Waals surface area contributed by atoms with E-state index in [1.54, 1.807) is 0 Å². The highest BCUT2D eigenvalue weighted by molar-refractivity contribution is 6.30. The van der Waals surface area contributed by atoms with E-state index in [2.05, 4.69) is 15.4 Å². The third-order valence-corrected chi connectivity index (χ3v) is 6.38. The molecule has 2 aromatic rings. The molecule has 2 saturated carbocycles. The van der Waals surface area contributed by atoms with Crippen molar-refractivity contribution < 1.29 is 41.0 Å². The molecular formula is C23H20ClF5N2O4. The molecule has 188 valence electrons. The molecule has 2 N–H and O–H groups in total. The molecule has 0 unspecified atom stereocenters. The minimum absolute atomic E-state index is 0.0120. The highest BCUT2D eigenvalue weighted by Gasteiger charge is 2.48.